The standard InChI is InChI=1S/C14H14N4O4/c1-9(7-15-18-8-13(19)16-14(18)20)22-10(2)11-3-5-12(17-21)6-4-11/h3-7,17,21H,1-2,8H2,(H,16,19,20)/b15-7+. The summed E-state index contributed by atoms with van der Waals surface area (Å²) < 4.78 is 5.37. The summed E-state index contributed by atoms with van der Waals surface area (Å²) in [5, 5.41) is 15.6. The van der Waals surface area contributed by atoms with Gasteiger partial charge in [-0.05, 0) is 24.3 Å². The molecule has 3 N–H and O–H groups in total. The number of carbonyl (C=O) groups is 2. The lowest BCUT2D eigenvalue weighted by Crippen LogP contribution is -2.24. The predicted molar refractivity (Wildman–Crippen MR) is 79.8 cm³/mol. The van der Waals surface area contributed by atoms with Crippen molar-refractivity contribution in [1.82, 2.24) is 10.3 Å². The molecule has 0 unspecified atom stereocenters. The Bertz CT molecular complexity index is 651. The minimum absolute atomic E-state index is 0.140. The molecule has 1 aromatic rings. The number of anilines is 1. The second-order valence-electron chi connectivity index (χ2n) is 4.34. The number of nitrogens with one attached hydrogen (secondary N) is 2. The van der Waals surface area contributed by atoms with Crippen LogP contribution in [0.2, 0.25) is 0 Å². The van der Waals surface area contributed by atoms with Crippen LogP contribution in [0, 0.1) is 0 Å². The van der Waals surface area contributed by atoms with Crippen molar-refractivity contribution in [2.75, 3.05) is 12.0 Å². The lowest BCUT2D eigenvalue weighted by molar-refractivity contribution is -0.118. The molecule has 1 aromatic carbocycles. The summed E-state index contributed by atoms with van der Waals surface area (Å²) >= 11 is 0. The number of benzene rings is 1. The van der Waals surface area contributed by atoms with E-state index in [4.69, 9.17) is 9.94 Å². The van der Waals surface area contributed by atoms with E-state index in [1.807, 2.05) is 5.48 Å². The number of hydrogen-bond acceptors (Lipinski definition) is 6. The molecule has 0 atom stereocenters. The summed E-state index contributed by atoms with van der Waals surface area (Å²) in [6.45, 7) is 7.24. The molecule has 0 spiro atoms. The van der Waals surface area contributed by atoms with Gasteiger partial charge in [-0.1, -0.05) is 13.2 Å². The number of hydrazone groups is 1. The molecule has 1 heterocycles. The molecule has 0 aromatic heterocycles. The van der Waals surface area contributed by atoms with Gasteiger partial charge < -0.3 is 4.74 Å². The third kappa shape index (κ3) is 3.70. The van der Waals surface area contributed by atoms with Gasteiger partial charge in [0.2, 0.25) is 5.91 Å². The van der Waals surface area contributed by atoms with Gasteiger partial charge in [0.05, 0.1) is 11.9 Å². The smallest absolute Gasteiger partial charge is 0.344 e. The van der Waals surface area contributed by atoms with Gasteiger partial charge in [-0.15, -0.1) is 0 Å². The zero-order valence-corrected chi connectivity index (χ0v) is 11.6. The Morgan fingerprint density at radius 1 is 1.36 bits per heavy atom. The van der Waals surface area contributed by atoms with Crippen molar-refractivity contribution < 1.29 is 19.5 Å². The largest absolute Gasteiger partial charge is 0.456 e. The number of amides is 3. The molecule has 2 rings (SSSR count). The molecule has 22 heavy (non-hydrogen) atoms. The van der Waals surface area contributed by atoms with E-state index in [2.05, 4.69) is 23.6 Å². The first-order valence-corrected chi connectivity index (χ1v) is 6.21. The highest BCUT2D eigenvalue weighted by Gasteiger charge is 2.25. The maximum atomic E-state index is 11.3. The summed E-state index contributed by atoms with van der Waals surface area (Å²) in [6, 6.07) is 6.07. The van der Waals surface area contributed by atoms with E-state index in [1.54, 1.807) is 24.3 Å². The van der Waals surface area contributed by atoms with E-state index < -0.39 is 11.9 Å². The Labute approximate surface area is 126 Å². The van der Waals surface area contributed by atoms with Crippen molar-refractivity contribution in [3.63, 3.8) is 0 Å². The SMILES string of the molecule is C=C(/C=N/N1CC(=O)NC1=O)OC(=C)c1ccc(NO)cc1. The molecule has 3 amide bonds. The third-order valence-corrected chi connectivity index (χ3v) is 2.71. The van der Waals surface area contributed by atoms with Crippen LogP contribution in [0.1, 0.15) is 5.56 Å². The molecule has 1 fully saturated rings. The number of urea groups is 1. The average molecular weight is 302 g/mol. The molecule has 1 saturated heterocycles. The van der Waals surface area contributed by atoms with Crippen LogP contribution in [0.15, 0.2) is 48.3 Å². The normalized spacial score (nSPS) is 14.1. The monoisotopic (exact) mass is 302 g/mol. The molecule has 0 bridgehead atoms. The molecule has 1 aliphatic heterocycles. The van der Waals surface area contributed by atoms with E-state index >= 15 is 0 Å². The zero-order valence-electron chi connectivity index (χ0n) is 11.6. The van der Waals surface area contributed by atoms with Crippen molar-refractivity contribution in [2.45, 2.75) is 0 Å². The van der Waals surface area contributed by atoms with Crippen LogP contribution in [0.5, 0.6) is 0 Å². The van der Waals surface area contributed by atoms with E-state index in [9.17, 15) is 9.59 Å². The van der Waals surface area contributed by atoms with Crippen molar-refractivity contribution in [3.8, 4) is 0 Å². The fraction of sp³-hybridized carbons (Fsp3) is 0.0714. The molecule has 8 heteroatoms. The quantitative estimate of drug-likeness (QED) is 0.320. The van der Waals surface area contributed by atoms with Crippen molar-refractivity contribution in [1.29, 1.82) is 0 Å². The van der Waals surface area contributed by atoms with Crippen LogP contribution >= 0.6 is 0 Å². The third-order valence-electron chi connectivity index (χ3n) is 2.71. The zero-order chi connectivity index (χ0) is 16.1. The van der Waals surface area contributed by atoms with Gasteiger partial charge in [-0.25, -0.2) is 9.80 Å². The molecule has 0 radical (unpaired) electrons. The van der Waals surface area contributed by atoms with Crippen LogP contribution in [-0.2, 0) is 9.53 Å². The fourth-order valence-electron chi connectivity index (χ4n) is 1.63. The first-order valence-electron chi connectivity index (χ1n) is 6.21. The number of nitrogens with zero attached hydrogens (tertiary/aromatic N) is 2. The molecular formula is C14H14N4O4. The Morgan fingerprint density at radius 2 is 2.05 bits per heavy atom. The summed E-state index contributed by atoms with van der Waals surface area (Å²) in [5.74, 6) is 0.0556. The number of carbonyl (C=O) groups excluding carboxylic acids is 2. The van der Waals surface area contributed by atoms with Gasteiger partial charge in [0, 0.05) is 5.56 Å². The first-order chi connectivity index (χ1) is 10.5. The predicted octanol–water partition coefficient (Wildman–Crippen LogP) is 1.53. The minimum atomic E-state index is -0.597. The van der Waals surface area contributed by atoms with Crippen LogP contribution < -0.4 is 10.8 Å². The van der Waals surface area contributed by atoms with Crippen LogP contribution in [0.3, 0.4) is 0 Å². The molecule has 0 saturated carbocycles. The highest BCUT2D eigenvalue weighted by Crippen LogP contribution is 2.18. The molecule has 1 aliphatic rings. The van der Waals surface area contributed by atoms with E-state index in [-0.39, 0.29) is 12.3 Å². The summed E-state index contributed by atoms with van der Waals surface area (Å²) in [4.78, 5) is 22.3. The topological polar surface area (TPSA) is 103 Å². The first kappa shape index (κ1) is 15.3. The maximum absolute atomic E-state index is 11.3. The number of hydrogen-bond donors (Lipinski definition) is 3. The van der Waals surface area contributed by atoms with Gasteiger partial charge in [0.25, 0.3) is 0 Å². The highest BCUT2D eigenvalue weighted by molar-refractivity contribution is 6.02. The van der Waals surface area contributed by atoms with Gasteiger partial charge in [0.15, 0.2) is 0 Å². The van der Waals surface area contributed by atoms with Crippen molar-refractivity contribution in [2.24, 2.45) is 5.10 Å². The van der Waals surface area contributed by atoms with Gasteiger partial charge in [-0.3, -0.25) is 20.8 Å². The average Bonchev–Trinajstić information content (AvgIpc) is 2.83. The maximum Gasteiger partial charge on any atom is 0.344 e. The Balaban J connectivity index is 1.92. The fourth-order valence-corrected chi connectivity index (χ4v) is 1.63. The number of rotatable bonds is 6. The van der Waals surface area contributed by atoms with E-state index in [1.165, 1.54) is 6.21 Å². The Kier molecular flexibility index (Phi) is 4.54. The molecule has 114 valence electrons. The summed E-state index contributed by atoms with van der Waals surface area (Å²) in [5.41, 5.74) is 3.23. The van der Waals surface area contributed by atoms with Gasteiger partial charge in [-0.2, -0.15) is 5.10 Å². The molecule has 0 aliphatic carbocycles. The minimum Gasteiger partial charge on any atom is -0.456 e. The van der Waals surface area contributed by atoms with Gasteiger partial charge >= 0.3 is 6.03 Å². The second kappa shape index (κ2) is 6.55. The summed E-state index contributed by atoms with van der Waals surface area (Å²) in [6.07, 6.45) is 1.22. The van der Waals surface area contributed by atoms with Crippen molar-refractivity contribution >= 4 is 29.6 Å². The van der Waals surface area contributed by atoms with Gasteiger partial charge in [0.1, 0.15) is 18.1 Å². The van der Waals surface area contributed by atoms with Crippen LogP contribution in [0.25, 0.3) is 5.76 Å². The van der Waals surface area contributed by atoms with Crippen LogP contribution in [0.4, 0.5) is 10.5 Å². The number of imide groups is 1. The van der Waals surface area contributed by atoms with Crippen molar-refractivity contribution in [3.05, 3.63) is 48.7 Å². The molecule has 8 nitrogen and oxygen atoms in total. The highest BCUT2D eigenvalue weighted by atomic mass is 16.5. The van der Waals surface area contributed by atoms with E-state index in [0.717, 1.165) is 5.01 Å². The number of ether oxygens (including phenoxy) is 1. The lowest BCUT2D eigenvalue weighted by Gasteiger charge is -2.10. The second-order valence-corrected chi connectivity index (χ2v) is 4.34. The lowest BCUT2D eigenvalue weighted by atomic mass is 10.2. The number of allylic oxidation sites excluding steroid dienone is 1. The van der Waals surface area contributed by atoms with Crippen LogP contribution in [-0.4, -0.2) is 34.9 Å². The Hall–Kier alpha value is -3.13. The summed E-state index contributed by atoms with van der Waals surface area (Å²) in [7, 11) is 0. The Morgan fingerprint density at radius 3 is 2.59 bits per heavy atom. The van der Waals surface area contributed by atoms with E-state index in [0.29, 0.717) is 17.0 Å². The molecular weight excluding hydrogens is 288 g/mol.